The summed E-state index contributed by atoms with van der Waals surface area (Å²) < 4.78 is 0. The molecular weight excluding hydrogens is 254 g/mol. The number of rotatable bonds is 3. The molecule has 0 atom stereocenters. The smallest absolute Gasteiger partial charge is 0.319 e. The van der Waals surface area contributed by atoms with E-state index >= 15 is 0 Å². The van der Waals surface area contributed by atoms with Gasteiger partial charge in [0.1, 0.15) is 0 Å². The molecular formula is C15H21N3O2. The fraction of sp³-hybridized carbons (Fsp3) is 0.467. The summed E-state index contributed by atoms with van der Waals surface area (Å²) in [7, 11) is 0. The highest BCUT2D eigenvalue weighted by molar-refractivity contribution is 5.95. The highest BCUT2D eigenvalue weighted by atomic mass is 16.2. The zero-order chi connectivity index (χ0) is 14.8. The maximum absolute atomic E-state index is 11.8. The fourth-order valence-corrected chi connectivity index (χ4v) is 1.54. The lowest BCUT2D eigenvalue weighted by Gasteiger charge is -2.17. The summed E-state index contributed by atoms with van der Waals surface area (Å²) in [5, 5.41) is 8.45. The van der Waals surface area contributed by atoms with Gasteiger partial charge in [0, 0.05) is 22.8 Å². The standard InChI is InChI=1S/C15H21N3O2/c1-15(2,3)13(19)16-10-4-6-11(7-5-10)17-14(20)18-12-8-9-12/h4-7,12H,8-9H2,1-3H3,(H,16,19)(H2,17,18,20). The van der Waals surface area contributed by atoms with Crippen molar-refractivity contribution in [1.82, 2.24) is 5.32 Å². The first-order chi connectivity index (χ1) is 9.34. The first-order valence-electron chi connectivity index (χ1n) is 6.83. The van der Waals surface area contributed by atoms with Crippen molar-refractivity contribution in [1.29, 1.82) is 0 Å². The summed E-state index contributed by atoms with van der Waals surface area (Å²) in [5.74, 6) is -0.0373. The molecule has 0 unspecified atom stereocenters. The quantitative estimate of drug-likeness (QED) is 0.793. The van der Waals surface area contributed by atoms with Gasteiger partial charge in [-0.15, -0.1) is 0 Å². The van der Waals surface area contributed by atoms with Crippen LogP contribution in [0.4, 0.5) is 16.2 Å². The molecule has 3 amide bonds. The number of nitrogens with one attached hydrogen (secondary N) is 3. The molecule has 3 N–H and O–H groups in total. The van der Waals surface area contributed by atoms with Crippen LogP contribution in [0.3, 0.4) is 0 Å². The summed E-state index contributed by atoms with van der Waals surface area (Å²) in [6, 6.07) is 7.24. The molecule has 0 heterocycles. The Morgan fingerprint density at radius 2 is 1.50 bits per heavy atom. The third kappa shape index (κ3) is 4.26. The predicted molar refractivity (Wildman–Crippen MR) is 79.7 cm³/mol. The zero-order valence-electron chi connectivity index (χ0n) is 12.1. The monoisotopic (exact) mass is 275 g/mol. The second-order valence-electron chi connectivity index (χ2n) is 6.15. The predicted octanol–water partition coefficient (Wildman–Crippen LogP) is 2.96. The van der Waals surface area contributed by atoms with Crippen molar-refractivity contribution in [3.63, 3.8) is 0 Å². The van der Waals surface area contributed by atoms with Crippen molar-refractivity contribution < 1.29 is 9.59 Å². The molecule has 5 nitrogen and oxygen atoms in total. The Morgan fingerprint density at radius 3 is 1.95 bits per heavy atom. The van der Waals surface area contributed by atoms with E-state index in [2.05, 4.69) is 16.0 Å². The van der Waals surface area contributed by atoms with Crippen molar-refractivity contribution in [2.45, 2.75) is 39.7 Å². The van der Waals surface area contributed by atoms with Crippen LogP contribution in [-0.4, -0.2) is 18.0 Å². The number of benzene rings is 1. The van der Waals surface area contributed by atoms with E-state index in [0.717, 1.165) is 18.5 Å². The van der Waals surface area contributed by atoms with E-state index in [1.807, 2.05) is 20.8 Å². The lowest BCUT2D eigenvalue weighted by Crippen LogP contribution is -2.30. The second-order valence-corrected chi connectivity index (χ2v) is 6.15. The highest BCUT2D eigenvalue weighted by Crippen LogP contribution is 2.20. The minimum Gasteiger partial charge on any atom is -0.335 e. The van der Waals surface area contributed by atoms with Gasteiger partial charge in [-0.25, -0.2) is 4.79 Å². The maximum Gasteiger partial charge on any atom is 0.319 e. The Hall–Kier alpha value is -2.04. The van der Waals surface area contributed by atoms with Gasteiger partial charge in [-0.3, -0.25) is 4.79 Å². The molecule has 1 aromatic rings. The molecule has 0 saturated heterocycles. The number of urea groups is 1. The largest absolute Gasteiger partial charge is 0.335 e. The third-order valence-corrected chi connectivity index (χ3v) is 2.99. The van der Waals surface area contributed by atoms with Gasteiger partial charge in [-0.2, -0.15) is 0 Å². The number of carbonyl (C=O) groups excluding carboxylic acids is 2. The summed E-state index contributed by atoms with van der Waals surface area (Å²) in [4.78, 5) is 23.4. The van der Waals surface area contributed by atoms with E-state index in [0.29, 0.717) is 11.7 Å². The van der Waals surface area contributed by atoms with Crippen molar-refractivity contribution in [3.05, 3.63) is 24.3 Å². The van der Waals surface area contributed by atoms with Gasteiger partial charge in [0.25, 0.3) is 0 Å². The van der Waals surface area contributed by atoms with Gasteiger partial charge in [-0.1, -0.05) is 20.8 Å². The zero-order valence-corrected chi connectivity index (χ0v) is 12.1. The molecule has 1 aliphatic carbocycles. The van der Waals surface area contributed by atoms with Crippen LogP contribution in [-0.2, 0) is 4.79 Å². The van der Waals surface area contributed by atoms with Crippen LogP contribution < -0.4 is 16.0 Å². The van der Waals surface area contributed by atoms with Gasteiger partial charge in [0.15, 0.2) is 0 Å². The Balaban J connectivity index is 1.88. The molecule has 2 rings (SSSR count). The van der Waals surface area contributed by atoms with Crippen molar-refractivity contribution in [2.24, 2.45) is 5.41 Å². The topological polar surface area (TPSA) is 70.2 Å². The molecule has 108 valence electrons. The molecule has 0 aliphatic heterocycles. The van der Waals surface area contributed by atoms with Crippen LogP contribution in [0.1, 0.15) is 33.6 Å². The minimum absolute atomic E-state index is 0.0373. The number of hydrogen-bond acceptors (Lipinski definition) is 2. The van der Waals surface area contributed by atoms with Gasteiger partial charge >= 0.3 is 6.03 Å². The van der Waals surface area contributed by atoms with Gasteiger partial charge in [0.05, 0.1) is 0 Å². The number of hydrogen-bond donors (Lipinski definition) is 3. The summed E-state index contributed by atoms with van der Waals surface area (Å²) in [6.07, 6.45) is 2.12. The molecule has 20 heavy (non-hydrogen) atoms. The molecule has 5 heteroatoms. The van der Waals surface area contributed by atoms with E-state index in [9.17, 15) is 9.59 Å². The average molecular weight is 275 g/mol. The van der Waals surface area contributed by atoms with Crippen LogP contribution in [0.2, 0.25) is 0 Å². The van der Waals surface area contributed by atoms with Crippen LogP contribution >= 0.6 is 0 Å². The first-order valence-corrected chi connectivity index (χ1v) is 6.83. The van der Waals surface area contributed by atoms with Crippen LogP contribution in [0, 0.1) is 5.41 Å². The van der Waals surface area contributed by atoms with Crippen molar-refractivity contribution in [3.8, 4) is 0 Å². The molecule has 0 aromatic heterocycles. The van der Waals surface area contributed by atoms with Crippen LogP contribution in [0.5, 0.6) is 0 Å². The Bertz CT molecular complexity index is 499. The number of amides is 3. The fourth-order valence-electron chi connectivity index (χ4n) is 1.54. The molecule has 1 aromatic carbocycles. The maximum atomic E-state index is 11.8. The van der Waals surface area contributed by atoms with E-state index in [4.69, 9.17) is 0 Å². The Labute approximate surface area is 119 Å². The normalized spacial score (nSPS) is 14.6. The molecule has 1 saturated carbocycles. The van der Waals surface area contributed by atoms with Crippen LogP contribution in [0.25, 0.3) is 0 Å². The van der Waals surface area contributed by atoms with Crippen molar-refractivity contribution >= 4 is 23.3 Å². The van der Waals surface area contributed by atoms with Crippen molar-refractivity contribution in [2.75, 3.05) is 10.6 Å². The summed E-state index contributed by atoms with van der Waals surface area (Å²) >= 11 is 0. The molecule has 0 bridgehead atoms. The van der Waals surface area contributed by atoms with E-state index in [1.165, 1.54) is 0 Å². The van der Waals surface area contributed by atoms with E-state index in [-0.39, 0.29) is 11.9 Å². The minimum atomic E-state index is -0.429. The number of carbonyl (C=O) groups is 2. The number of anilines is 2. The van der Waals surface area contributed by atoms with E-state index < -0.39 is 5.41 Å². The highest BCUT2D eigenvalue weighted by Gasteiger charge is 2.23. The molecule has 1 aliphatic rings. The Morgan fingerprint density at radius 1 is 1.00 bits per heavy atom. The lowest BCUT2D eigenvalue weighted by atomic mass is 9.95. The van der Waals surface area contributed by atoms with Gasteiger partial charge in [-0.05, 0) is 37.1 Å². The van der Waals surface area contributed by atoms with Gasteiger partial charge in [0.2, 0.25) is 5.91 Å². The van der Waals surface area contributed by atoms with Gasteiger partial charge < -0.3 is 16.0 Å². The van der Waals surface area contributed by atoms with Crippen LogP contribution in [0.15, 0.2) is 24.3 Å². The molecule has 0 spiro atoms. The average Bonchev–Trinajstić information content (AvgIpc) is 3.14. The first kappa shape index (κ1) is 14.4. The SMILES string of the molecule is CC(C)(C)C(=O)Nc1ccc(NC(=O)NC2CC2)cc1. The molecule has 1 fully saturated rings. The second kappa shape index (κ2) is 5.53. The Kier molecular flexibility index (Phi) is 3.97. The van der Waals surface area contributed by atoms with E-state index in [1.54, 1.807) is 24.3 Å². The summed E-state index contributed by atoms with van der Waals surface area (Å²) in [5.41, 5.74) is 0.996. The molecule has 0 radical (unpaired) electrons. The lowest BCUT2D eigenvalue weighted by molar-refractivity contribution is -0.123. The summed E-state index contributed by atoms with van der Waals surface area (Å²) in [6.45, 7) is 5.58. The third-order valence-electron chi connectivity index (χ3n) is 2.99.